The molecule has 1 aromatic carbocycles. The number of carbonyl (C=O) groups excluding carboxylic acids is 2. The van der Waals surface area contributed by atoms with Crippen molar-refractivity contribution in [3.63, 3.8) is 0 Å². The molecule has 0 aliphatic carbocycles. The normalized spacial score (nSPS) is 12.7. The van der Waals surface area contributed by atoms with E-state index in [4.69, 9.17) is 21.1 Å². The van der Waals surface area contributed by atoms with Gasteiger partial charge in [0.05, 0.1) is 0 Å². The third-order valence-corrected chi connectivity index (χ3v) is 2.33. The largest absolute Gasteiger partial charge is 0.457 e. The highest BCUT2D eigenvalue weighted by Crippen LogP contribution is 2.23. The van der Waals surface area contributed by atoms with Gasteiger partial charge in [-0.25, -0.2) is 4.79 Å². The number of benzene rings is 1. The maximum absolute atomic E-state index is 12.0. The lowest BCUT2D eigenvalue weighted by atomic mass is 10.1. The average Bonchev–Trinajstić information content (AvgIpc) is 2.24. The zero-order chi connectivity index (χ0) is 14.6. The highest BCUT2D eigenvalue weighted by atomic mass is 35.5. The Morgan fingerprint density at radius 3 is 2.11 bits per heavy atom. The predicted octanol–water partition coefficient (Wildman–Crippen LogP) is 3.29. The third kappa shape index (κ3) is 5.30. The summed E-state index contributed by atoms with van der Waals surface area (Å²) in [7, 11) is 0. The maximum atomic E-state index is 12.0. The number of halogens is 1. The van der Waals surface area contributed by atoms with Gasteiger partial charge < -0.3 is 9.47 Å². The molecule has 0 amide bonds. The minimum absolute atomic E-state index is 0.522. The van der Waals surface area contributed by atoms with E-state index in [0.717, 1.165) is 0 Å². The molecule has 104 valence electrons. The Kier molecular flexibility index (Phi) is 4.95. The molecule has 0 aromatic heterocycles. The Morgan fingerprint density at radius 2 is 1.68 bits per heavy atom. The number of esters is 2. The molecule has 0 radical (unpaired) electrons. The summed E-state index contributed by atoms with van der Waals surface area (Å²) in [5.74, 6) is -1.16. The Labute approximate surface area is 117 Å². The van der Waals surface area contributed by atoms with Crippen LogP contribution in [0.25, 0.3) is 0 Å². The first-order valence-corrected chi connectivity index (χ1v) is 6.22. The fourth-order valence-electron chi connectivity index (χ4n) is 1.41. The van der Waals surface area contributed by atoms with Crippen LogP contribution in [0.15, 0.2) is 24.3 Å². The van der Waals surface area contributed by atoms with E-state index in [1.54, 1.807) is 45.0 Å². The summed E-state index contributed by atoms with van der Waals surface area (Å²) in [4.78, 5) is 23.2. The van der Waals surface area contributed by atoms with Gasteiger partial charge in [0.2, 0.25) is 6.10 Å². The molecule has 0 N–H and O–H groups in total. The van der Waals surface area contributed by atoms with E-state index in [1.165, 1.54) is 6.92 Å². The molecule has 0 aliphatic rings. The van der Waals surface area contributed by atoms with Gasteiger partial charge in [-0.1, -0.05) is 23.7 Å². The molecule has 0 aliphatic heterocycles. The van der Waals surface area contributed by atoms with Crippen LogP contribution in [-0.2, 0) is 19.1 Å². The summed E-state index contributed by atoms with van der Waals surface area (Å²) in [6.07, 6.45) is -1.08. The fraction of sp³-hybridized carbons (Fsp3) is 0.429. The topological polar surface area (TPSA) is 52.6 Å². The molecular formula is C14H17ClO4. The second-order valence-electron chi connectivity index (χ2n) is 5.07. The summed E-state index contributed by atoms with van der Waals surface area (Å²) in [5.41, 5.74) is -0.129. The summed E-state index contributed by atoms with van der Waals surface area (Å²) < 4.78 is 10.3. The van der Waals surface area contributed by atoms with Crippen molar-refractivity contribution in [2.45, 2.75) is 39.4 Å². The molecule has 0 bridgehead atoms. The van der Waals surface area contributed by atoms with Gasteiger partial charge in [-0.05, 0) is 32.9 Å². The Morgan fingerprint density at radius 1 is 1.16 bits per heavy atom. The highest BCUT2D eigenvalue weighted by molar-refractivity contribution is 6.30. The van der Waals surface area contributed by atoms with Crippen molar-refractivity contribution in [2.75, 3.05) is 0 Å². The van der Waals surface area contributed by atoms with Crippen LogP contribution in [0.5, 0.6) is 0 Å². The van der Waals surface area contributed by atoms with Crippen LogP contribution < -0.4 is 0 Å². The lowest BCUT2D eigenvalue weighted by molar-refractivity contribution is -0.175. The number of hydrogen-bond donors (Lipinski definition) is 0. The maximum Gasteiger partial charge on any atom is 0.352 e. The summed E-state index contributed by atoms with van der Waals surface area (Å²) in [5, 5.41) is 0.537. The van der Waals surface area contributed by atoms with E-state index in [1.807, 2.05) is 0 Å². The molecule has 4 nitrogen and oxygen atoms in total. The number of rotatable bonds is 3. The highest BCUT2D eigenvalue weighted by Gasteiger charge is 2.29. The van der Waals surface area contributed by atoms with Gasteiger partial charge in [0.25, 0.3) is 0 Å². The number of ether oxygens (including phenoxy) is 2. The van der Waals surface area contributed by atoms with E-state index in [-0.39, 0.29) is 0 Å². The van der Waals surface area contributed by atoms with Crippen molar-refractivity contribution in [1.82, 2.24) is 0 Å². The molecule has 1 rings (SSSR count). The van der Waals surface area contributed by atoms with Crippen LogP contribution in [0.4, 0.5) is 0 Å². The van der Waals surface area contributed by atoms with E-state index >= 15 is 0 Å². The second kappa shape index (κ2) is 6.06. The summed E-state index contributed by atoms with van der Waals surface area (Å²) in [6.45, 7) is 6.49. The molecule has 0 heterocycles. The van der Waals surface area contributed by atoms with Gasteiger partial charge in [0.15, 0.2) is 0 Å². The lowest BCUT2D eigenvalue weighted by Crippen LogP contribution is -2.29. The van der Waals surface area contributed by atoms with Gasteiger partial charge >= 0.3 is 11.9 Å². The molecule has 5 heteroatoms. The minimum atomic E-state index is -1.08. The summed E-state index contributed by atoms with van der Waals surface area (Å²) >= 11 is 5.78. The van der Waals surface area contributed by atoms with Gasteiger partial charge in [0, 0.05) is 17.5 Å². The predicted molar refractivity (Wildman–Crippen MR) is 71.8 cm³/mol. The Hall–Kier alpha value is -1.55. The monoisotopic (exact) mass is 284 g/mol. The van der Waals surface area contributed by atoms with Crippen LogP contribution in [0.3, 0.4) is 0 Å². The van der Waals surface area contributed by atoms with Crippen LogP contribution in [0.2, 0.25) is 5.02 Å². The van der Waals surface area contributed by atoms with Gasteiger partial charge in [-0.3, -0.25) is 4.79 Å². The first kappa shape index (κ1) is 15.5. The first-order chi connectivity index (χ1) is 8.69. The van der Waals surface area contributed by atoms with Crippen molar-refractivity contribution in [2.24, 2.45) is 0 Å². The number of carbonyl (C=O) groups is 2. The SMILES string of the molecule is CC(=O)OC(C(=O)OC(C)(C)C)c1ccc(Cl)cc1. The summed E-state index contributed by atoms with van der Waals surface area (Å²) in [6, 6.07) is 6.50. The van der Waals surface area contributed by atoms with E-state index < -0.39 is 23.6 Å². The zero-order valence-electron chi connectivity index (χ0n) is 11.4. The molecule has 1 atom stereocenters. The minimum Gasteiger partial charge on any atom is -0.457 e. The average molecular weight is 285 g/mol. The van der Waals surface area contributed by atoms with Crippen molar-refractivity contribution in [3.05, 3.63) is 34.9 Å². The number of hydrogen-bond acceptors (Lipinski definition) is 4. The van der Waals surface area contributed by atoms with Crippen LogP contribution in [-0.4, -0.2) is 17.5 Å². The van der Waals surface area contributed by atoms with E-state index in [0.29, 0.717) is 10.6 Å². The van der Waals surface area contributed by atoms with Gasteiger partial charge in [-0.2, -0.15) is 0 Å². The molecule has 0 fully saturated rings. The van der Waals surface area contributed by atoms with Crippen molar-refractivity contribution >= 4 is 23.5 Å². The fourth-order valence-corrected chi connectivity index (χ4v) is 1.54. The molecule has 0 spiro atoms. The molecule has 1 unspecified atom stereocenters. The molecule has 19 heavy (non-hydrogen) atoms. The van der Waals surface area contributed by atoms with Crippen LogP contribution >= 0.6 is 11.6 Å². The third-order valence-electron chi connectivity index (χ3n) is 2.08. The molecule has 0 saturated carbocycles. The smallest absolute Gasteiger partial charge is 0.352 e. The van der Waals surface area contributed by atoms with Crippen LogP contribution in [0, 0.1) is 0 Å². The van der Waals surface area contributed by atoms with Crippen molar-refractivity contribution in [3.8, 4) is 0 Å². The van der Waals surface area contributed by atoms with Crippen molar-refractivity contribution < 1.29 is 19.1 Å². The van der Waals surface area contributed by atoms with Gasteiger partial charge in [-0.15, -0.1) is 0 Å². The standard InChI is InChI=1S/C14H17ClO4/c1-9(16)18-12(13(17)19-14(2,3)4)10-5-7-11(15)8-6-10/h5-8,12H,1-4H3. The molecule has 0 saturated heterocycles. The van der Waals surface area contributed by atoms with Gasteiger partial charge in [0.1, 0.15) is 5.60 Å². The van der Waals surface area contributed by atoms with Crippen molar-refractivity contribution in [1.29, 1.82) is 0 Å². The first-order valence-electron chi connectivity index (χ1n) is 5.84. The molecule has 1 aromatic rings. The van der Waals surface area contributed by atoms with E-state index in [2.05, 4.69) is 0 Å². The molecular weight excluding hydrogens is 268 g/mol. The van der Waals surface area contributed by atoms with Crippen LogP contribution in [0.1, 0.15) is 39.4 Å². The lowest BCUT2D eigenvalue weighted by Gasteiger charge is -2.23. The zero-order valence-corrected chi connectivity index (χ0v) is 12.2. The Balaban J connectivity index is 2.97. The van der Waals surface area contributed by atoms with E-state index in [9.17, 15) is 9.59 Å². The second-order valence-corrected chi connectivity index (χ2v) is 5.51. The quantitative estimate of drug-likeness (QED) is 0.799. The Bertz CT molecular complexity index is 459.